The Morgan fingerprint density at radius 3 is 1.95 bits per heavy atom. The predicted octanol–water partition coefficient (Wildman–Crippen LogP) is 3.55. The molecule has 19 heavy (non-hydrogen) atoms. The first kappa shape index (κ1) is 17.2. The molecule has 0 fully saturated rings. The standard InChI is InChI=1S/C15H22O4/c1-11(7-5-9-13(3)15(18)19)6-4-8-12(2)10-14(16)17/h6,9-10H,4-5,7-8H2,1-3H3,(H,16,17)(H,18,19)/b11-6+,12-10+,13-9+. The average molecular weight is 266 g/mol. The summed E-state index contributed by atoms with van der Waals surface area (Å²) in [6, 6.07) is 0. The minimum atomic E-state index is -0.910. The van der Waals surface area contributed by atoms with Crippen molar-refractivity contribution in [2.75, 3.05) is 0 Å². The minimum absolute atomic E-state index is 0.369. The zero-order valence-electron chi connectivity index (χ0n) is 11.8. The second-order valence-electron chi connectivity index (χ2n) is 4.65. The first-order valence-electron chi connectivity index (χ1n) is 6.28. The van der Waals surface area contributed by atoms with Gasteiger partial charge in [0.15, 0.2) is 0 Å². The lowest BCUT2D eigenvalue weighted by molar-refractivity contribution is -0.133. The van der Waals surface area contributed by atoms with Crippen LogP contribution < -0.4 is 0 Å². The Kier molecular flexibility index (Phi) is 8.25. The fourth-order valence-corrected chi connectivity index (χ4v) is 1.53. The molecule has 0 atom stereocenters. The Morgan fingerprint density at radius 2 is 1.42 bits per heavy atom. The molecule has 4 heteroatoms. The minimum Gasteiger partial charge on any atom is -0.478 e. The van der Waals surface area contributed by atoms with E-state index < -0.39 is 11.9 Å². The third-order valence-corrected chi connectivity index (χ3v) is 2.73. The monoisotopic (exact) mass is 266 g/mol. The topological polar surface area (TPSA) is 74.6 Å². The highest BCUT2D eigenvalue weighted by atomic mass is 16.4. The molecule has 0 saturated carbocycles. The van der Waals surface area contributed by atoms with Crippen molar-refractivity contribution in [3.8, 4) is 0 Å². The third kappa shape index (κ3) is 9.83. The molecule has 0 aliphatic heterocycles. The number of hydrogen-bond donors (Lipinski definition) is 2. The van der Waals surface area contributed by atoms with E-state index in [-0.39, 0.29) is 0 Å². The van der Waals surface area contributed by atoms with Crippen LogP contribution in [0.4, 0.5) is 0 Å². The lowest BCUT2D eigenvalue weighted by atomic mass is 10.1. The molecule has 0 rings (SSSR count). The third-order valence-electron chi connectivity index (χ3n) is 2.73. The quantitative estimate of drug-likeness (QED) is 0.520. The highest BCUT2D eigenvalue weighted by Crippen LogP contribution is 2.11. The van der Waals surface area contributed by atoms with Crippen molar-refractivity contribution in [2.24, 2.45) is 0 Å². The van der Waals surface area contributed by atoms with E-state index in [2.05, 4.69) is 6.08 Å². The van der Waals surface area contributed by atoms with E-state index in [9.17, 15) is 9.59 Å². The Hall–Kier alpha value is -1.84. The first-order valence-corrected chi connectivity index (χ1v) is 6.28. The van der Waals surface area contributed by atoms with Crippen LogP contribution in [0.5, 0.6) is 0 Å². The number of carbonyl (C=O) groups is 2. The van der Waals surface area contributed by atoms with Gasteiger partial charge in [0.1, 0.15) is 0 Å². The number of carboxylic acids is 2. The molecule has 0 aliphatic carbocycles. The van der Waals surface area contributed by atoms with Gasteiger partial charge in [-0.2, -0.15) is 0 Å². The van der Waals surface area contributed by atoms with Crippen LogP contribution in [0.25, 0.3) is 0 Å². The molecule has 0 aromatic heterocycles. The molecule has 4 nitrogen and oxygen atoms in total. The zero-order valence-corrected chi connectivity index (χ0v) is 11.8. The van der Waals surface area contributed by atoms with Crippen LogP contribution >= 0.6 is 0 Å². The number of rotatable bonds is 8. The fourth-order valence-electron chi connectivity index (χ4n) is 1.53. The first-order chi connectivity index (χ1) is 8.82. The molecule has 0 bridgehead atoms. The molecule has 0 heterocycles. The van der Waals surface area contributed by atoms with E-state index in [1.807, 2.05) is 6.92 Å². The molecule has 2 N–H and O–H groups in total. The van der Waals surface area contributed by atoms with Gasteiger partial charge in [-0.05, 0) is 46.5 Å². The molecule has 0 unspecified atom stereocenters. The Morgan fingerprint density at radius 1 is 0.895 bits per heavy atom. The van der Waals surface area contributed by atoms with Crippen LogP contribution in [-0.2, 0) is 9.59 Å². The van der Waals surface area contributed by atoms with Crippen LogP contribution in [0.15, 0.2) is 34.9 Å². The molecule has 0 aromatic rings. The van der Waals surface area contributed by atoms with E-state index in [1.165, 1.54) is 11.6 Å². The van der Waals surface area contributed by atoms with Gasteiger partial charge in [-0.25, -0.2) is 9.59 Å². The van der Waals surface area contributed by atoms with E-state index in [0.717, 1.165) is 24.8 Å². The maximum absolute atomic E-state index is 10.6. The number of aliphatic carboxylic acids is 2. The molecule has 0 aliphatic rings. The van der Waals surface area contributed by atoms with Crippen molar-refractivity contribution in [1.29, 1.82) is 0 Å². The lowest BCUT2D eigenvalue weighted by Gasteiger charge is -2.00. The summed E-state index contributed by atoms with van der Waals surface area (Å²) in [5.74, 6) is -1.79. The van der Waals surface area contributed by atoms with Gasteiger partial charge < -0.3 is 10.2 Å². The maximum atomic E-state index is 10.6. The second kappa shape index (κ2) is 9.14. The Bertz CT molecular complexity index is 414. The molecular weight excluding hydrogens is 244 g/mol. The summed E-state index contributed by atoms with van der Waals surface area (Å²) in [4.78, 5) is 21.0. The summed E-state index contributed by atoms with van der Waals surface area (Å²) in [7, 11) is 0. The SMILES string of the molecule is C/C(=C\CC/C(C)=C/C(=O)O)CC/C=C(\C)C(=O)O. The zero-order chi connectivity index (χ0) is 14.8. The molecule has 0 aromatic carbocycles. The highest BCUT2D eigenvalue weighted by Gasteiger charge is 1.98. The molecule has 0 spiro atoms. The van der Waals surface area contributed by atoms with Gasteiger partial charge in [-0.3, -0.25) is 0 Å². The number of hydrogen-bond acceptors (Lipinski definition) is 2. The Balaban J connectivity index is 4.06. The second-order valence-corrected chi connectivity index (χ2v) is 4.65. The van der Waals surface area contributed by atoms with Crippen LogP contribution in [0, 0.1) is 0 Å². The van der Waals surface area contributed by atoms with Crippen molar-refractivity contribution in [3.63, 3.8) is 0 Å². The van der Waals surface area contributed by atoms with Crippen molar-refractivity contribution >= 4 is 11.9 Å². The average Bonchev–Trinajstić information content (AvgIpc) is 2.27. The van der Waals surface area contributed by atoms with Crippen LogP contribution in [0.2, 0.25) is 0 Å². The molecule has 0 radical (unpaired) electrons. The van der Waals surface area contributed by atoms with E-state index in [4.69, 9.17) is 10.2 Å². The summed E-state index contributed by atoms with van der Waals surface area (Å²) < 4.78 is 0. The molecular formula is C15H22O4. The Labute approximate surface area is 114 Å². The molecule has 0 amide bonds. The summed E-state index contributed by atoms with van der Waals surface area (Å²) >= 11 is 0. The number of allylic oxidation sites excluding steroid dienone is 4. The lowest BCUT2D eigenvalue weighted by Crippen LogP contribution is -1.95. The van der Waals surface area contributed by atoms with Gasteiger partial charge in [0.2, 0.25) is 0 Å². The van der Waals surface area contributed by atoms with E-state index in [0.29, 0.717) is 12.0 Å². The van der Waals surface area contributed by atoms with E-state index >= 15 is 0 Å². The van der Waals surface area contributed by atoms with Crippen molar-refractivity contribution in [2.45, 2.75) is 46.5 Å². The summed E-state index contributed by atoms with van der Waals surface area (Å²) in [6.07, 6.45) is 8.09. The molecule has 0 saturated heterocycles. The van der Waals surface area contributed by atoms with Crippen molar-refractivity contribution < 1.29 is 19.8 Å². The normalized spacial score (nSPS) is 13.5. The fraction of sp³-hybridized carbons (Fsp3) is 0.467. The van der Waals surface area contributed by atoms with Gasteiger partial charge in [0.05, 0.1) is 0 Å². The summed E-state index contributed by atoms with van der Waals surface area (Å²) in [5, 5.41) is 17.2. The largest absolute Gasteiger partial charge is 0.478 e. The van der Waals surface area contributed by atoms with Gasteiger partial charge in [0.25, 0.3) is 0 Å². The predicted molar refractivity (Wildman–Crippen MR) is 75.0 cm³/mol. The van der Waals surface area contributed by atoms with Crippen molar-refractivity contribution in [1.82, 2.24) is 0 Å². The van der Waals surface area contributed by atoms with Crippen molar-refractivity contribution in [3.05, 3.63) is 34.9 Å². The van der Waals surface area contributed by atoms with Crippen LogP contribution in [0.1, 0.15) is 46.5 Å². The van der Waals surface area contributed by atoms with E-state index in [1.54, 1.807) is 19.9 Å². The summed E-state index contributed by atoms with van der Waals surface area (Å²) in [5.41, 5.74) is 2.41. The highest BCUT2D eigenvalue weighted by molar-refractivity contribution is 5.85. The molecule has 106 valence electrons. The van der Waals surface area contributed by atoms with Crippen LogP contribution in [0.3, 0.4) is 0 Å². The van der Waals surface area contributed by atoms with Gasteiger partial charge in [-0.15, -0.1) is 0 Å². The van der Waals surface area contributed by atoms with Gasteiger partial charge >= 0.3 is 11.9 Å². The van der Waals surface area contributed by atoms with Gasteiger partial charge in [-0.1, -0.05) is 23.3 Å². The summed E-state index contributed by atoms with van der Waals surface area (Å²) in [6.45, 7) is 5.39. The maximum Gasteiger partial charge on any atom is 0.330 e. The van der Waals surface area contributed by atoms with Gasteiger partial charge in [0, 0.05) is 11.6 Å². The number of carboxylic acid groups (broad SMARTS) is 2. The smallest absolute Gasteiger partial charge is 0.330 e. The van der Waals surface area contributed by atoms with Crippen LogP contribution in [-0.4, -0.2) is 22.2 Å².